The van der Waals surface area contributed by atoms with E-state index in [9.17, 15) is 9.59 Å². The van der Waals surface area contributed by atoms with Gasteiger partial charge in [-0.2, -0.15) is 0 Å². The molecule has 6 nitrogen and oxygen atoms in total. The Hall–Kier alpha value is -3.02. The molecule has 2 aromatic rings. The number of para-hydroxylation sites is 1. The van der Waals surface area contributed by atoms with Crippen molar-refractivity contribution in [3.05, 3.63) is 54.6 Å². The zero-order chi connectivity index (χ0) is 18.8. The number of carbonyl (C=O) groups is 2. The van der Waals surface area contributed by atoms with Gasteiger partial charge in [0.2, 0.25) is 5.91 Å². The maximum Gasteiger partial charge on any atom is 0.258 e. The Morgan fingerprint density at radius 2 is 1.62 bits per heavy atom. The minimum atomic E-state index is -0.232. The van der Waals surface area contributed by atoms with Gasteiger partial charge in [-0.05, 0) is 43.3 Å². The summed E-state index contributed by atoms with van der Waals surface area (Å²) in [6.07, 6.45) is 0. The second-order valence-electron chi connectivity index (χ2n) is 5.55. The number of nitrogens with one attached hydrogen (secondary N) is 1. The summed E-state index contributed by atoms with van der Waals surface area (Å²) in [6, 6.07) is 16.4. The van der Waals surface area contributed by atoms with Crippen LogP contribution in [0.2, 0.25) is 0 Å². The number of hydrogen-bond acceptors (Lipinski definition) is 4. The standard InChI is InChI=1S/C20H24N2O4/c1-3-25-19-11-9-17(10-12-19)22(16(2)23)14-13-21-20(24)15-26-18-7-5-4-6-8-18/h4-12H,3,13-15H2,1-2H3,(H,21,24). The van der Waals surface area contributed by atoms with Gasteiger partial charge in [-0.25, -0.2) is 0 Å². The van der Waals surface area contributed by atoms with Gasteiger partial charge in [0.25, 0.3) is 5.91 Å². The van der Waals surface area contributed by atoms with Gasteiger partial charge in [-0.3, -0.25) is 9.59 Å². The van der Waals surface area contributed by atoms with E-state index in [2.05, 4.69) is 5.32 Å². The largest absolute Gasteiger partial charge is 0.494 e. The van der Waals surface area contributed by atoms with Crippen molar-refractivity contribution < 1.29 is 19.1 Å². The summed E-state index contributed by atoms with van der Waals surface area (Å²) in [5, 5.41) is 2.76. The van der Waals surface area contributed by atoms with Gasteiger partial charge in [0.15, 0.2) is 6.61 Å². The Labute approximate surface area is 153 Å². The fraction of sp³-hybridized carbons (Fsp3) is 0.300. The Bertz CT molecular complexity index is 702. The van der Waals surface area contributed by atoms with Crippen LogP contribution in [0.25, 0.3) is 0 Å². The predicted octanol–water partition coefficient (Wildman–Crippen LogP) is 2.63. The van der Waals surface area contributed by atoms with Crippen LogP contribution >= 0.6 is 0 Å². The van der Waals surface area contributed by atoms with Crippen LogP contribution in [-0.2, 0) is 9.59 Å². The zero-order valence-corrected chi connectivity index (χ0v) is 15.1. The first-order valence-corrected chi connectivity index (χ1v) is 8.55. The summed E-state index contributed by atoms with van der Waals surface area (Å²) in [6.45, 7) is 4.65. The molecule has 0 unspecified atom stereocenters. The molecular weight excluding hydrogens is 332 g/mol. The van der Waals surface area contributed by atoms with Gasteiger partial charge in [0, 0.05) is 25.7 Å². The van der Waals surface area contributed by atoms with Crippen molar-refractivity contribution in [1.82, 2.24) is 5.32 Å². The Kier molecular flexibility index (Phi) is 7.49. The van der Waals surface area contributed by atoms with Gasteiger partial charge >= 0.3 is 0 Å². The van der Waals surface area contributed by atoms with Crippen LogP contribution in [-0.4, -0.2) is 38.1 Å². The summed E-state index contributed by atoms with van der Waals surface area (Å²) in [4.78, 5) is 25.4. The first-order chi connectivity index (χ1) is 12.6. The van der Waals surface area contributed by atoms with E-state index in [1.165, 1.54) is 6.92 Å². The fourth-order valence-corrected chi connectivity index (χ4v) is 2.38. The number of carbonyl (C=O) groups excluding carboxylic acids is 2. The minimum absolute atomic E-state index is 0.0624. The van der Waals surface area contributed by atoms with E-state index in [0.717, 1.165) is 11.4 Å². The number of hydrogen-bond donors (Lipinski definition) is 1. The van der Waals surface area contributed by atoms with E-state index in [-0.39, 0.29) is 18.4 Å². The minimum Gasteiger partial charge on any atom is -0.494 e. The number of benzene rings is 2. The van der Waals surface area contributed by atoms with Crippen LogP contribution in [0.3, 0.4) is 0 Å². The van der Waals surface area contributed by atoms with Crippen LogP contribution in [0.1, 0.15) is 13.8 Å². The summed E-state index contributed by atoms with van der Waals surface area (Å²) in [5.74, 6) is 1.07. The highest BCUT2D eigenvalue weighted by atomic mass is 16.5. The molecule has 0 aromatic heterocycles. The average molecular weight is 356 g/mol. The molecule has 0 atom stereocenters. The number of nitrogens with zero attached hydrogens (tertiary/aromatic N) is 1. The van der Waals surface area contributed by atoms with Crippen molar-refractivity contribution in [2.24, 2.45) is 0 Å². The van der Waals surface area contributed by atoms with Crippen LogP contribution < -0.4 is 19.7 Å². The molecule has 1 N–H and O–H groups in total. The van der Waals surface area contributed by atoms with Crippen molar-refractivity contribution in [1.29, 1.82) is 0 Å². The summed E-state index contributed by atoms with van der Waals surface area (Å²) >= 11 is 0. The molecule has 2 rings (SSSR count). The van der Waals surface area contributed by atoms with Gasteiger partial charge in [-0.1, -0.05) is 18.2 Å². The monoisotopic (exact) mass is 356 g/mol. The molecule has 138 valence electrons. The van der Waals surface area contributed by atoms with Crippen molar-refractivity contribution in [2.75, 3.05) is 31.2 Å². The quantitative estimate of drug-likeness (QED) is 0.750. The number of amides is 2. The third kappa shape index (κ3) is 6.12. The van der Waals surface area contributed by atoms with E-state index < -0.39 is 0 Å². The Balaban J connectivity index is 1.80. The molecule has 0 aliphatic carbocycles. The highest BCUT2D eigenvalue weighted by molar-refractivity contribution is 5.91. The van der Waals surface area contributed by atoms with Gasteiger partial charge in [-0.15, -0.1) is 0 Å². The normalized spacial score (nSPS) is 10.1. The topological polar surface area (TPSA) is 67.9 Å². The predicted molar refractivity (Wildman–Crippen MR) is 101 cm³/mol. The molecule has 0 saturated carbocycles. The molecule has 0 fully saturated rings. The molecule has 26 heavy (non-hydrogen) atoms. The SMILES string of the molecule is CCOc1ccc(N(CCNC(=O)COc2ccccc2)C(C)=O)cc1. The van der Waals surface area contributed by atoms with E-state index in [4.69, 9.17) is 9.47 Å². The molecular formula is C20H24N2O4. The molecule has 2 amide bonds. The lowest BCUT2D eigenvalue weighted by molar-refractivity contribution is -0.123. The summed E-state index contributed by atoms with van der Waals surface area (Å²) < 4.78 is 10.8. The molecule has 0 aliphatic rings. The second kappa shape index (κ2) is 10.1. The number of anilines is 1. The van der Waals surface area contributed by atoms with Crippen LogP contribution in [0, 0.1) is 0 Å². The lowest BCUT2D eigenvalue weighted by Crippen LogP contribution is -2.39. The Morgan fingerprint density at radius 1 is 0.962 bits per heavy atom. The highest BCUT2D eigenvalue weighted by Crippen LogP contribution is 2.19. The van der Waals surface area contributed by atoms with Crippen molar-refractivity contribution in [3.8, 4) is 11.5 Å². The second-order valence-corrected chi connectivity index (χ2v) is 5.55. The number of ether oxygens (including phenoxy) is 2. The zero-order valence-electron chi connectivity index (χ0n) is 15.1. The molecule has 6 heteroatoms. The lowest BCUT2D eigenvalue weighted by Gasteiger charge is -2.21. The van der Waals surface area contributed by atoms with Crippen LogP contribution in [0.15, 0.2) is 54.6 Å². The molecule has 0 aliphatic heterocycles. The third-order valence-electron chi connectivity index (χ3n) is 3.61. The molecule has 0 spiro atoms. The van der Waals surface area contributed by atoms with E-state index in [1.807, 2.05) is 49.4 Å². The van der Waals surface area contributed by atoms with Crippen molar-refractivity contribution in [2.45, 2.75) is 13.8 Å². The van der Waals surface area contributed by atoms with Crippen molar-refractivity contribution in [3.63, 3.8) is 0 Å². The highest BCUT2D eigenvalue weighted by Gasteiger charge is 2.12. The number of rotatable bonds is 9. The van der Waals surface area contributed by atoms with E-state index in [1.54, 1.807) is 17.0 Å². The average Bonchev–Trinajstić information content (AvgIpc) is 2.65. The van der Waals surface area contributed by atoms with Crippen LogP contribution in [0.4, 0.5) is 5.69 Å². The molecule has 0 radical (unpaired) electrons. The van der Waals surface area contributed by atoms with Crippen molar-refractivity contribution >= 4 is 17.5 Å². The lowest BCUT2D eigenvalue weighted by atomic mass is 10.2. The fourth-order valence-electron chi connectivity index (χ4n) is 2.38. The first kappa shape index (κ1) is 19.3. The maximum atomic E-state index is 11.9. The van der Waals surface area contributed by atoms with Crippen LogP contribution in [0.5, 0.6) is 11.5 Å². The smallest absolute Gasteiger partial charge is 0.258 e. The van der Waals surface area contributed by atoms with E-state index in [0.29, 0.717) is 25.4 Å². The molecule has 0 saturated heterocycles. The maximum absolute atomic E-state index is 11.9. The molecule has 0 bridgehead atoms. The van der Waals surface area contributed by atoms with Gasteiger partial charge in [0.1, 0.15) is 11.5 Å². The summed E-state index contributed by atoms with van der Waals surface area (Å²) in [5.41, 5.74) is 0.760. The molecule has 0 heterocycles. The Morgan fingerprint density at radius 3 is 2.23 bits per heavy atom. The molecule has 2 aromatic carbocycles. The van der Waals surface area contributed by atoms with E-state index >= 15 is 0 Å². The third-order valence-corrected chi connectivity index (χ3v) is 3.61. The van der Waals surface area contributed by atoms with Gasteiger partial charge in [0.05, 0.1) is 6.61 Å². The summed E-state index contributed by atoms with van der Waals surface area (Å²) in [7, 11) is 0. The first-order valence-electron chi connectivity index (χ1n) is 8.55. The van der Waals surface area contributed by atoms with Gasteiger partial charge < -0.3 is 19.7 Å².